The van der Waals surface area contributed by atoms with Gasteiger partial charge in [0.1, 0.15) is 0 Å². The van der Waals surface area contributed by atoms with Gasteiger partial charge in [0.05, 0.1) is 10.6 Å². The Morgan fingerprint density at radius 3 is 2.14 bits per heavy atom. The zero-order valence-electron chi connectivity index (χ0n) is 14.7. The number of benzene rings is 1. The van der Waals surface area contributed by atoms with Crippen LogP contribution in [-0.4, -0.2) is 28.6 Å². The van der Waals surface area contributed by atoms with Crippen LogP contribution >= 0.6 is 0 Å². The van der Waals surface area contributed by atoms with Crippen LogP contribution in [0.2, 0.25) is 18.1 Å². The Hall–Kier alpha value is -0.653. The molecule has 3 nitrogen and oxygen atoms in total. The fraction of sp³-hybridized carbons (Fsp3) is 0.647. The Kier molecular flexibility index (Phi) is 6.42. The highest BCUT2D eigenvalue weighted by Crippen LogP contribution is 2.38. The van der Waals surface area contributed by atoms with Crippen molar-refractivity contribution in [1.29, 1.82) is 0 Å². The summed E-state index contributed by atoms with van der Waals surface area (Å²) in [4.78, 5) is 0.400. The first-order valence-electron chi connectivity index (χ1n) is 7.95. The second kappa shape index (κ2) is 7.28. The Labute approximate surface area is 137 Å². The van der Waals surface area contributed by atoms with Gasteiger partial charge in [0, 0.05) is 6.10 Å². The molecule has 1 aromatic rings. The summed E-state index contributed by atoms with van der Waals surface area (Å²) < 4.78 is 31.1. The Morgan fingerprint density at radius 2 is 1.68 bits per heavy atom. The van der Waals surface area contributed by atoms with Gasteiger partial charge in [-0.05, 0) is 43.1 Å². The van der Waals surface area contributed by atoms with E-state index in [1.165, 1.54) is 0 Å². The van der Waals surface area contributed by atoms with Crippen molar-refractivity contribution in [3.8, 4) is 0 Å². The third kappa shape index (κ3) is 5.21. The molecule has 0 aliphatic rings. The first-order chi connectivity index (χ1) is 9.99. The zero-order chi connectivity index (χ0) is 17.0. The van der Waals surface area contributed by atoms with E-state index in [-0.39, 0.29) is 16.9 Å². The molecular weight excluding hydrogens is 312 g/mol. The van der Waals surface area contributed by atoms with Crippen molar-refractivity contribution in [3.63, 3.8) is 0 Å². The molecule has 0 N–H and O–H groups in total. The molecule has 0 aliphatic carbocycles. The highest BCUT2D eigenvalue weighted by atomic mass is 32.2. The SMILES string of the molecule is CCC(CCS(=O)(=O)c1ccccc1)O[Si](C)(C)C(C)(C)C. The normalized spacial score (nSPS) is 14.8. The Balaban J connectivity index is 2.73. The minimum absolute atomic E-state index is 0.0133. The lowest BCUT2D eigenvalue weighted by molar-refractivity contribution is 0.173. The van der Waals surface area contributed by atoms with Crippen LogP contribution in [0.5, 0.6) is 0 Å². The summed E-state index contributed by atoms with van der Waals surface area (Å²) in [5.41, 5.74) is 0. The highest BCUT2D eigenvalue weighted by molar-refractivity contribution is 7.91. The van der Waals surface area contributed by atoms with Crippen LogP contribution in [0.15, 0.2) is 35.2 Å². The van der Waals surface area contributed by atoms with Crippen LogP contribution in [0.3, 0.4) is 0 Å². The van der Waals surface area contributed by atoms with Crippen LogP contribution in [0, 0.1) is 0 Å². The van der Waals surface area contributed by atoms with Crippen molar-refractivity contribution in [2.75, 3.05) is 5.75 Å². The molecule has 0 fully saturated rings. The van der Waals surface area contributed by atoms with E-state index >= 15 is 0 Å². The molecule has 1 rings (SSSR count). The summed E-state index contributed by atoms with van der Waals surface area (Å²) in [5, 5.41) is 0.138. The zero-order valence-corrected chi connectivity index (χ0v) is 16.5. The van der Waals surface area contributed by atoms with Crippen molar-refractivity contribution in [3.05, 3.63) is 30.3 Å². The van der Waals surface area contributed by atoms with Crippen molar-refractivity contribution in [2.24, 2.45) is 0 Å². The monoisotopic (exact) mass is 342 g/mol. The van der Waals surface area contributed by atoms with Crippen molar-refractivity contribution in [2.45, 2.75) is 69.7 Å². The van der Waals surface area contributed by atoms with E-state index < -0.39 is 18.2 Å². The van der Waals surface area contributed by atoms with Crippen molar-refractivity contribution >= 4 is 18.2 Å². The molecule has 22 heavy (non-hydrogen) atoms. The second-order valence-corrected chi connectivity index (χ2v) is 14.2. The smallest absolute Gasteiger partial charge is 0.192 e. The summed E-state index contributed by atoms with van der Waals surface area (Å²) in [6, 6.07) is 8.66. The molecule has 0 aliphatic heterocycles. The fourth-order valence-electron chi connectivity index (χ4n) is 1.97. The lowest BCUT2D eigenvalue weighted by Crippen LogP contribution is -2.44. The molecule has 0 aromatic heterocycles. The predicted molar refractivity (Wildman–Crippen MR) is 95.5 cm³/mol. The van der Waals surface area contributed by atoms with Crippen molar-refractivity contribution < 1.29 is 12.8 Å². The van der Waals surface area contributed by atoms with Gasteiger partial charge in [-0.25, -0.2) is 8.42 Å². The van der Waals surface area contributed by atoms with Gasteiger partial charge in [-0.15, -0.1) is 0 Å². The fourth-order valence-corrected chi connectivity index (χ4v) is 4.82. The molecule has 1 atom stereocenters. The number of sulfone groups is 1. The molecule has 0 spiro atoms. The van der Waals surface area contributed by atoms with E-state index in [0.29, 0.717) is 11.3 Å². The van der Waals surface area contributed by atoms with Crippen LogP contribution in [-0.2, 0) is 14.3 Å². The molecule has 0 saturated heterocycles. The minimum Gasteiger partial charge on any atom is -0.414 e. The van der Waals surface area contributed by atoms with Crippen LogP contribution in [0.4, 0.5) is 0 Å². The topological polar surface area (TPSA) is 43.4 Å². The van der Waals surface area contributed by atoms with Gasteiger partial charge in [0.2, 0.25) is 0 Å². The van der Waals surface area contributed by atoms with Gasteiger partial charge in [-0.1, -0.05) is 45.9 Å². The molecule has 0 bridgehead atoms. The first-order valence-corrected chi connectivity index (χ1v) is 12.5. The average molecular weight is 343 g/mol. The van der Waals surface area contributed by atoms with E-state index in [0.717, 1.165) is 6.42 Å². The molecule has 0 saturated carbocycles. The number of rotatable bonds is 7. The quantitative estimate of drug-likeness (QED) is 0.677. The lowest BCUT2D eigenvalue weighted by Gasteiger charge is -2.39. The summed E-state index contributed by atoms with van der Waals surface area (Å²) in [5.74, 6) is 0.143. The van der Waals surface area contributed by atoms with E-state index in [1.54, 1.807) is 24.3 Å². The highest BCUT2D eigenvalue weighted by Gasteiger charge is 2.38. The van der Waals surface area contributed by atoms with Crippen molar-refractivity contribution in [1.82, 2.24) is 0 Å². The minimum atomic E-state index is -3.22. The largest absolute Gasteiger partial charge is 0.414 e. The van der Waals surface area contributed by atoms with E-state index in [4.69, 9.17) is 4.43 Å². The molecule has 0 radical (unpaired) electrons. The maximum atomic E-state index is 12.4. The predicted octanol–water partition coefficient (Wildman–Crippen LogP) is 4.65. The standard InChI is InChI=1S/C17H30O3SSi/c1-7-15(20-22(5,6)17(2,3)4)13-14-21(18,19)16-11-9-8-10-12-16/h8-12,15H,7,13-14H2,1-6H3. The molecule has 126 valence electrons. The molecule has 0 heterocycles. The van der Waals surface area contributed by atoms with Crippen LogP contribution in [0.1, 0.15) is 40.5 Å². The van der Waals surface area contributed by atoms with Crippen LogP contribution in [0.25, 0.3) is 0 Å². The average Bonchev–Trinajstić information content (AvgIpc) is 2.43. The summed E-state index contributed by atoms with van der Waals surface area (Å²) >= 11 is 0. The molecule has 5 heteroatoms. The second-order valence-electron chi connectivity index (χ2n) is 7.33. The van der Waals surface area contributed by atoms with Gasteiger partial charge in [-0.3, -0.25) is 0 Å². The molecule has 1 unspecified atom stereocenters. The van der Waals surface area contributed by atoms with E-state index in [2.05, 4.69) is 40.8 Å². The first kappa shape index (κ1) is 19.4. The number of hydrogen-bond donors (Lipinski definition) is 0. The lowest BCUT2D eigenvalue weighted by atomic mass is 10.2. The molecule has 1 aromatic carbocycles. The van der Waals surface area contributed by atoms with Crippen LogP contribution < -0.4 is 0 Å². The van der Waals surface area contributed by atoms with E-state index in [9.17, 15) is 8.42 Å². The maximum absolute atomic E-state index is 12.4. The maximum Gasteiger partial charge on any atom is 0.192 e. The van der Waals surface area contributed by atoms with Gasteiger partial charge in [-0.2, -0.15) is 0 Å². The van der Waals surface area contributed by atoms with Gasteiger partial charge in [0.15, 0.2) is 18.2 Å². The Bertz CT molecular complexity index is 559. The third-order valence-electron chi connectivity index (χ3n) is 4.53. The number of hydrogen-bond acceptors (Lipinski definition) is 3. The van der Waals surface area contributed by atoms with Gasteiger partial charge >= 0.3 is 0 Å². The Morgan fingerprint density at radius 1 is 1.14 bits per heavy atom. The van der Waals surface area contributed by atoms with Gasteiger partial charge in [0.25, 0.3) is 0 Å². The van der Waals surface area contributed by atoms with Gasteiger partial charge < -0.3 is 4.43 Å². The summed E-state index contributed by atoms with van der Waals surface area (Å²) in [6.45, 7) is 13.1. The third-order valence-corrected chi connectivity index (χ3v) is 10.8. The molecular formula is C17H30O3SSi. The summed E-state index contributed by atoms with van der Waals surface area (Å²) in [6.07, 6.45) is 1.41. The summed E-state index contributed by atoms with van der Waals surface area (Å²) in [7, 11) is -5.08. The molecule has 0 amide bonds. The van der Waals surface area contributed by atoms with E-state index in [1.807, 2.05) is 6.07 Å².